The molecule has 0 amide bonds. The Bertz CT molecular complexity index is 1060. The minimum Gasteiger partial charge on any atom is -0.471 e. The summed E-state index contributed by atoms with van der Waals surface area (Å²) in [5, 5.41) is 16.6. The van der Waals surface area contributed by atoms with Gasteiger partial charge in [-0.3, -0.25) is 19.7 Å². The third kappa shape index (κ3) is 4.44. The summed E-state index contributed by atoms with van der Waals surface area (Å²) in [6, 6.07) is 11.0. The largest absolute Gasteiger partial charge is 0.471 e. The molecule has 158 valence electrons. The molecule has 1 aromatic heterocycles. The van der Waals surface area contributed by atoms with Crippen LogP contribution >= 0.6 is 0 Å². The molecule has 0 N–H and O–H groups in total. The van der Waals surface area contributed by atoms with Gasteiger partial charge in [0, 0.05) is 31.8 Å². The van der Waals surface area contributed by atoms with Crippen molar-refractivity contribution in [3.05, 3.63) is 63.2 Å². The number of hydrogen-bond donors (Lipinski definition) is 0. The number of nitro groups is 1. The summed E-state index contributed by atoms with van der Waals surface area (Å²) in [5.74, 6) is 0.425. The zero-order chi connectivity index (χ0) is 21.1. The smallest absolute Gasteiger partial charge is 0.270 e. The first-order valence-electron chi connectivity index (χ1n) is 10.2. The number of benzene rings is 2. The van der Waals surface area contributed by atoms with Crippen molar-refractivity contribution in [3.63, 3.8) is 0 Å². The van der Waals surface area contributed by atoms with Crippen molar-refractivity contribution in [2.45, 2.75) is 27.0 Å². The van der Waals surface area contributed by atoms with Gasteiger partial charge in [-0.25, -0.2) is 0 Å². The van der Waals surface area contributed by atoms with Crippen molar-refractivity contribution in [3.8, 4) is 5.88 Å². The molecule has 1 saturated heterocycles. The van der Waals surface area contributed by atoms with Gasteiger partial charge in [0.15, 0.2) is 0 Å². The van der Waals surface area contributed by atoms with E-state index in [0.29, 0.717) is 24.4 Å². The van der Waals surface area contributed by atoms with Crippen molar-refractivity contribution in [2.75, 3.05) is 32.8 Å². The molecular weight excluding hydrogens is 384 g/mol. The lowest BCUT2D eigenvalue weighted by Crippen LogP contribution is -2.38. The first-order valence-corrected chi connectivity index (χ1v) is 10.2. The molecule has 0 unspecified atom stereocenters. The van der Waals surface area contributed by atoms with Gasteiger partial charge in [0.05, 0.1) is 35.6 Å². The van der Waals surface area contributed by atoms with Gasteiger partial charge in [0.1, 0.15) is 6.61 Å². The number of aromatic nitrogens is 2. The number of nitro benzene ring substituents is 1. The fraction of sp³-hybridized carbons (Fsp3) is 0.409. The van der Waals surface area contributed by atoms with E-state index in [1.807, 2.05) is 10.7 Å². The van der Waals surface area contributed by atoms with Gasteiger partial charge >= 0.3 is 0 Å². The summed E-state index contributed by atoms with van der Waals surface area (Å²) in [4.78, 5) is 13.2. The zero-order valence-corrected chi connectivity index (χ0v) is 17.3. The Morgan fingerprint density at radius 3 is 2.63 bits per heavy atom. The minimum atomic E-state index is -0.391. The standard InChI is InChI=1S/C22H26N4O4/c1-16-3-4-18(13-17(16)2)15-30-22-20-14-19(26(27)28)5-6-21(20)25(23-22)8-7-24-9-11-29-12-10-24/h3-6,13-14H,7-12,15H2,1-2H3. The van der Waals surface area contributed by atoms with Crippen LogP contribution in [0.5, 0.6) is 5.88 Å². The number of hydrogen-bond acceptors (Lipinski definition) is 6. The fourth-order valence-electron chi connectivity index (χ4n) is 3.63. The predicted octanol–water partition coefficient (Wildman–Crippen LogP) is 3.47. The number of rotatable bonds is 7. The van der Waals surface area contributed by atoms with Crippen LogP contribution in [0, 0.1) is 24.0 Å². The number of ether oxygens (including phenoxy) is 2. The summed E-state index contributed by atoms with van der Waals surface area (Å²) < 4.78 is 13.3. The average Bonchev–Trinajstić information content (AvgIpc) is 3.11. The second-order valence-corrected chi connectivity index (χ2v) is 7.65. The van der Waals surface area contributed by atoms with E-state index >= 15 is 0 Å². The van der Waals surface area contributed by atoms with Gasteiger partial charge in [0.2, 0.25) is 5.88 Å². The van der Waals surface area contributed by atoms with E-state index in [1.165, 1.54) is 17.2 Å². The Morgan fingerprint density at radius 1 is 1.10 bits per heavy atom. The van der Waals surface area contributed by atoms with Crippen LogP contribution in [0.25, 0.3) is 10.9 Å². The Hall–Kier alpha value is -2.97. The highest BCUT2D eigenvalue weighted by molar-refractivity contribution is 5.86. The summed E-state index contributed by atoms with van der Waals surface area (Å²) >= 11 is 0. The van der Waals surface area contributed by atoms with Crippen LogP contribution < -0.4 is 4.74 Å². The molecule has 8 nitrogen and oxygen atoms in total. The average molecular weight is 410 g/mol. The number of nitrogens with zero attached hydrogens (tertiary/aromatic N) is 4. The summed E-state index contributed by atoms with van der Waals surface area (Å²) in [7, 11) is 0. The second-order valence-electron chi connectivity index (χ2n) is 7.65. The summed E-state index contributed by atoms with van der Waals surface area (Å²) in [6.45, 7) is 9.32. The first kappa shape index (κ1) is 20.3. The fourth-order valence-corrected chi connectivity index (χ4v) is 3.63. The van der Waals surface area contributed by atoms with Crippen molar-refractivity contribution in [1.29, 1.82) is 0 Å². The van der Waals surface area contributed by atoms with Crippen LogP contribution in [-0.4, -0.2) is 52.5 Å². The van der Waals surface area contributed by atoms with Gasteiger partial charge < -0.3 is 9.47 Å². The van der Waals surface area contributed by atoms with Crippen LogP contribution in [-0.2, 0) is 17.9 Å². The van der Waals surface area contributed by atoms with Crippen molar-refractivity contribution >= 4 is 16.6 Å². The molecule has 0 saturated carbocycles. The third-order valence-corrected chi connectivity index (χ3v) is 5.59. The predicted molar refractivity (Wildman–Crippen MR) is 114 cm³/mol. The first-order chi connectivity index (χ1) is 14.5. The number of morpholine rings is 1. The van der Waals surface area contributed by atoms with E-state index in [2.05, 4.69) is 36.0 Å². The lowest BCUT2D eigenvalue weighted by molar-refractivity contribution is -0.384. The van der Waals surface area contributed by atoms with E-state index in [1.54, 1.807) is 12.1 Å². The molecule has 0 bridgehead atoms. The van der Waals surface area contributed by atoms with E-state index in [0.717, 1.165) is 43.9 Å². The quantitative estimate of drug-likeness (QED) is 0.438. The highest BCUT2D eigenvalue weighted by atomic mass is 16.6. The molecule has 0 radical (unpaired) electrons. The van der Waals surface area contributed by atoms with Crippen LogP contribution in [0.3, 0.4) is 0 Å². The molecule has 1 aliphatic rings. The molecular formula is C22H26N4O4. The van der Waals surface area contributed by atoms with Crippen LogP contribution in [0.2, 0.25) is 0 Å². The zero-order valence-electron chi connectivity index (χ0n) is 17.3. The molecule has 30 heavy (non-hydrogen) atoms. The summed E-state index contributed by atoms with van der Waals surface area (Å²) in [6.07, 6.45) is 0. The molecule has 1 aliphatic heterocycles. The van der Waals surface area contributed by atoms with Gasteiger partial charge in [-0.15, -0.1) is 5.10 Å². The van der Waals surface area contributed by atoms with Gasteiger partial charge in [0.25, 0.3) is 5.69 Å². The second kappa shape index (κ2) is 8.81. The van der Waals surface area contributed by atoms with Crippen molar-refractivity contribution in [2.24, 2.45) is 0 Å². The van der Waals surface area contributed by atoms with E-state index in [-0.39, 0.29) is 5.69 Å². The summed E-state index contributed by atoms with van der Waals surface area (Å²) in [5.41, 5.74) is 4.34. The SMILES string of the molecule is Cc1ccc(COc2nn(CCN3CCOCC3)c3ccc([N+](=O)[O-])cc23)cc1C. The highest BCUT2D eigenvalue weighted by Crippen LogP contribution is 2.29. The maximum absolute atomic E-state index is 11.3. The molecule has 0 aliphatic carbocycles. The van der Waals surface area contributed by atoms with Crippen LogP contribution in [0.4, 0.5) is 5.69 Å². The molecule has 0 atom stereocenters. The maximum atomic E-state index is 11.3. The number of aryl methyl sites for hydroxylation is 2. The molecule has 8 heteroatoms. The van der Waals surface area contributed by atoms with E-state index < -0.39 is 4.92 Å². The maximum Gasteiger partial charge on any atom is 0.270 e. The lowest BCUT2D eigenvalue weighted by Gasteiger charge is -2.26. The number of fused-ring (bicyclic) bond motifs is 1. The Kier molecular flexibility index (Phi) is 5.96. The van der Waals surface area contributed by atoms with Gasteiger partial charge in [-0.05, 0) is 36.6 Å². The van der Waals surface area contributed by atoms with Crippen molar-refractivity contribution in [1.82, 2.24) is 14.7 Å². The topological polar surface area (TPSA) is 82.7 Å². The Morgan fingerprint density at radius 2 is 1.90 bits per heavy atom. The Balaban J connectivity index is 1.58. The van der Waals surface area contributed by atoms with Crippen LogP contribution in [0.15, 0.2) is 36.4 Å². The monoisotopic (exact) mass is 410 g/mol. The molecule has 2 heterocycles. The molecule has 1 fully saturated rings. The van der Waals surface area contributed by atoms with E-state index in [4.69, 9.17) is 9.47 Å². The normalized spacial score (nSPS) is 14.9. The van der Waals surface area contributed by atoms with Crippen molar-refractivity contribution < 1.29 is 14.4 Å². The Labute approximate surface area is 175 Å². The minimum absolute atomic E-state index is 0.0336. The van der Waals surface area contributed by atoms with Gasteiger partial charge in [-0.2, -0.15) is 0 Å². The number of non-ortho nitro benzene ring substituents is 1. The molecule has 3 aromatic rings. The lowest BCUT2D eigenvalue weighted by atomic mass is 10.1. The van der Waals surface area contributed by atoms with Crippen LogP contribution in [0.1, 0.15) is 16.7 Å². The molecule has 4 rings (SSSR count). The molecule has 2 aromatic carbocycles. The third-order valence-electron chi connectivity index (χ3n) is 5.59. The van der Waals surface area contributed by atoms with E-state index in [9.17, 15) is 10.1 Å². The highest BCUT2D eigenvalue weighted by Gasteiger charge is 2.18. The molecule has 0 spiro atoms. The van der Waals surface area contributed by atoms with Gasteiger partial charge in [-0.1, -0.05) is 18.2 Å².